The lowest BCUT2D eigenvalue weighted by Crippen LogP contribution is -2.19. The van der Waals surface area contributed by atoms with Crippen LogP contribution in [0.5, 0.6) is 0 Å². The van der Waals surface area contributed by atoms with Crippen molar-refractivity contribution in [1.29, 1.82) is 0 Å². The smallest absolute Gasteiger partial charge is 0.164 e. The third kappa shape index (κ3) is 1.73. The molecule has 1 aliphatic rings. The molecule has 2 nitrogen and oxygen atoms in total. The molecule has 0 spiro atoms. The lowest BCUT2D eigenvalue weighted by molar-refractivity contribution is 0.159. The lowest BCUT2D eigenvalue weighted by atomic mass is 10.1. The zero-order chi connectivity index (χ0) is 6.91. The van der Waals surface area contributed by atoms with Gasteiger partial charge in [0, 0.05) is 0 Å². The van der Waals surface area contributed by atoms with Crippen LogP contribution in [0.15, 0.2) is 24.0 Å². The molecular formula is C6H7ClO2. The van der Waals surface area contributed by atoms with E-state index in [2.05, 4.69) is 0 Å². The summed E-state index contributed by atoms with van der Waals surface area (Å²) in [5, 5.41) is 16.5. The van der Waals surface area contributed by atoms with Crippen LogP contribution in [0.3, 0.4) is 0 Å². The predicted molar refractivity (Wildman–Crippen MR) is 35.3 cm³/mol. The van der Waals surface area contributed by atoms with Crippen molar-refractivity contribution in [2.45, 2.75) is 11.5 Å². The van der Waals surface area contributed by atoms with Gasteiger partial charge in [0.25, 0.3) is 0 Å². The van der Waals surface area contributed by atoms with Gasteiger partial charge in [0.1, 0.15) is 0 Å². The van der Waals surface area contributed by atoms with Gasteiger partial charge in [-0.1, -0.05) is 17.7 Å². The molecule has 2 N–H and O–H groups in total. The van der Waals surface area contributed by atoms with E-state index in [0.717, 1.165) is 0 Å². The first-order chi connectivity index (χ1) is 4.10. The molecule has 0 fully saturated rings. The summed E-state index contributed by atoms with van der Waals surface area (Å²) >= 11 is 5.43. The molecule has 3 heteroatoms. The summed E-state index contributed by atoms with van der Waals surface area (Å²) in [5.41, 5.74) is 0. The second-order valence-corrected chi connectivity index (χ2v) is 2.67. The van der Waals surface area contributed by atoms with Crippen molar-refractivity contribution in [3.05, 3.63) is 24.0 Å². The van der Waals surface area contributed by atoms with Crippen LogP contribution >= 0.6 is 11.6 Å². The third-order valence-corrected chi connectivity index (χ3v) is 1.33. The average Bonchev–Trinajstić information content (AvgIpc) is 1.60. The topological polar surface area (TPSA) is 40.5 Å². The summed E-state index contributed by atoms with van der Waals surface area (Å²) in [6, 6.07) is 0. The highest BCUT2D eigenvalue weighted by molar-refractivity contribution is 6.24. The summed E-state index contributed by atoms with van der Waals surface area (Å²) in [6.45, 7) is 0. The molecule has 0 radical (unpaired) electrons. The van der Waals surface area contributed by atoms with Crippen LogP contribution in [0.2, 0.25) is 0 Å². The van der Waals surface area contributed by atoms with E-state index in [4.69, 9.17) is 21.8 Å². The van der Waals surface area contributed by atoms with Crippen molar-refractivity contribution in [3.63, 3.8) is 0 Å². The Morgan fingerprint density at radius 1 is 1.67 bits per heavy atom. The molecule has 0 aliphatic heterocycles. The fourth-order valence-corrected chi connectivity index (χ4v) is 0.888. The first-order valence-electron chi connectivity index (χ1n) is 2.59. The normalized spacial score (nSPS) is 34.2. The lowest BCUT2D eigenvalue weighted by Gasteiger charge is -2.17. The van der Waals surface area contributed by atoms with Crippen LogP contribution in [0, 0.1) is 0 Å². The zero-order valence-corrected chi connectivity index (χ0v) is 5.47. The number of aliphatic hydroxyl groups excluding tert-OH is 1. The molecule has 1 aliphatic carbocycles. The monoisotopic (exact) mass is 146 g/mol. The summed E-state index contributed by atoms with van der Waals surface area (Å²) < 4.78 is 0. The predicted octanol–water partition coefficient (Wildman–Crippen LogP) is 1.32. The summed E-state index contributed by atoms with van der Waals surface area (Å²) in [6.07, 6.45) is 4.53. The minimum absolute atomic E-state index is 0.0883. The minimum Gasteiger partial charge on any atom is -0.512 e. The quantitative estimate of drug-likeness (QED) is 0.506. The Kier molecular flexibility index (Phi) is 1.51. The van der Waals surface area contributed by atoms with E-state index >= 15 is 0 Å². The fourth-order valence-electron chi connectivity index (χ4n) is 0.679. The summed E-state index contributed by atoms with van der Waals surface area (Å²) in [5.74, 6) is 0.106. The molecule has 0 saturated heterocycles. The van der Waals surface area contributed by atoms with Gasteiger partial charge < -0.3 is 10.2 Å². The van der Waals surface area contributed by atoms with E-state index in [9.17, 15) is 0 Å². The standard InChI is InChI=1S/C6H7ClO2/c7-6(9)3-1-2-5(8)4-6/h1-3,8-9H,4H2. The molecule has 9 heavy (non-hydrogen) atoms. The van der Waals surface area contributed by atoms with E-state index < -0.39 is 5.06 Å². The van der Waals surface area contributed by atoms with E-state index in [1.165, 1.54) is 18.2 Å². The van der Waals surface area contributed by atoms with Gasteiger partial charge in [-0.25, -0.2) is 0 Å². The van der Waals surface area contributed by atoms with E-state index in [1.807, 2.05) is 0 Å². The Morgan fingerprint density at radius 3 is 2.67 bits per heavy atom. The Labute approximate surface area is 58.1 Å². The summed E-state index contributed by atoms with van der Waals surface area (Å²) in [7, 11) is 0. The third-order valence-electron chi connectivity index (χ3n) is 1.07. The maximum atomic E-state index is 9.02. The van der Waals surface area contributed by atoms with Crippen LogP contribution < -0.4 is 0 Å². The van der Waals surface area contributed by atoms with Crippen molar-refractivity contribution < 1.29 is 10.2 Å². The van der Waals surface area contributed by atoms with Crippen LogP contribution in [-0.2, 0) is 0 Å². The first kappa shape index (κ1) is 6.65. The molecule has 0 aromatic heterocycles. The molecule has 1 unspecified atom stereocenters. The molecule has 1 atom stereocenters. The molecule has 0 saturated carbocycles. The van der Waals surface area contributed by atoms with E-state index in [-0.39, 0.29) is 12.2 Å². The number of aliphatic hydroxyl groups is 2. The second kappa shape index (κ2) is 2.05. The maximum Gasteiger partial charge on any atom is 0.164 e. The van der Waals surface area contributed by atoms with Gasteiger partial charge >= 0.3 is 0 Å². The van der Waals surface area contributed by atoms with Gasteiger partial charge in [0.15, 0.2) is 5.06 Å². The Balaban J connectivity index is 2.73. The van der Waals surface area contributed by atoms with Crippen LogP contribution in [0.25, 0.3) is 0 Å². The van der Waals surface area contributed by atoms with Crippen molar-refractivity contribution in [3.8, 4) is 0 Å². The number of hydrogen-bond donors (Lipinski definition) is 2. The van der Waals surface area contributed by atoms with Crippen LogP contribution in [-0.4, -0.2) is 15.3 Å². The Morgan fingerprint density at radius 2 is 2.33 bits per heavy atom. The molecule has 1 rings (SSSR count). The minimum atomic E-state index is -1.38. The molecule has 0 amide bonds. The number of alkyl halides is 1. The van der Waals surface area contributed by atoms with Crippen molar-refractivity contribution >= 4 is 11.6 Å². The molecule has 0 bridgehead atoms. The summed E-state index contributed by atoms with van der Waals surface area (Å²) in [4.78, 5) is 0. The second-order valence-electron chi connectivity index (χ2n) is 2.01. The maximum absolute atomic E-state index is 9.02. The Bertz CT molecular complexity index is 170. The van der Waals surface area contributed by atoms with Crippen molar-refractivity contribution in [2.24, 2.45) is 0 Å². The molecule has 50 valence electrons. The number of allylic oxidation sites excluding steroid dienone is 2. The van der Waals surface area contributed by atoms with Gasteiger partial charge in [0.2, 0.25) is 0 Å². The highest BCUT2D eigenvalue weighted by Crippen LogP contribution is 2.24. The fraction of sp³-hybridized carbons (Fsp3) is 0.333. The zero-order valence-electron chi connectivity index (χ0n) is 4.71. The number of rotatable bonds is 0. The SMILES string of the molecule is OC1=CC=CC(O)(Cl)C1. The van der Waals surface area contributed by atoms with Gasteiger partial charge in [-0.05, 0) is 12.2 Å². The molecule has 0 heterocycles. The Hall–Kier alpha value is -0.470. The van der Waals surface area contributed by atoms with Crippen LogP contribution in [0.4, 0.5) is 0 Å². The van der Waals surface area contributed by atoms with Gasteiger partial charge in [-0.15, -0.1) is 0 Å². The van der Waals surface area contributed by atoms with E-state index in [1.54, 1.807) is 0 Å². The van der Waals surface area contributed by atoms with E-state index in [0.29, 0.717) is 0 Å². The number of hydrogen-bond acceptors (Lipinski definition) is 2. The van der Waals surface area contributed by atoms with Gasteiger partial charge in [-0.3, -0.25) is 0 Å². The largest absolute Gasteiger partial charge is 0.512 e. The van der Waals surface area contributed by atoms with Gasteiger partial charge in [-0.2, -0.15) is 0 Å². The van der Waals surface area contributed by atoms with Crippen molar-refractivity contribution in [1.82, 2.24) is 0 Å². The molecular weight excluding hydrogens is 140 g/mol. The number of halogens is 1. The highest BCUT2D eigenvalue weighted by Gasteiger charge is 2.22. The van der Waals surface area contributed by atoms with Crippen LogP contribution in [0.1, 0.15) is 6.42 Å². The highest BCUT2D eigenvalue weighted by atomic mass is 35.5. The molecule has 0 aromatic rings. The first-order valence-corrected chi connectivity index (χ1v) is 2.97. The van der Waals surface area contributed by atoms with Crippen molar-refractivity contribution in [2.75, 3.05) is 0 Å². The van der Waals surface area contributed by atoms with Gasteiger partial charge in [0.05, 0.1) is 12.2 Å². The average molecular weight is 147 g/mol. The molecule has 0 aromatic carbocycles.